The van der Waals surface area contributed by atoms with Crippen LogP contribution in [-0.4, -0.2) is 32.7 Å². The quantitative estimate of drug-likeness (QED) is 0.561. The molecule has 0 bridgehead atoms. The van der Waals surface area contributed by atoms with Gasteiger partial charge in [-0.1, -0.05) is 0 Å². The van der Waals surface area contributed by atoms with E-state index in [0.717, 1.165) is 0 Å². The molecular formula is C6H11NO2S. The Hall–Kier alpha value is -0.240. The van der Waals surface area contributed by atoms with Gasteiger partial charge in [0.05, 0.1) is 18.5 Å². The lowest BCUT2D eigenvalue weighted by Gasteiger charge is -2.08. The van der Waals surface area contributed by atoms with Crippen molar-refractivity contribution in [2.24, 2.45) is 0 Å². The van der Waals surface area contributed by atoms with Crippen molar-refractivity contribution >= 4 is 11.8 Å². The summed E-state index contributed by atoms with van der Waals surface area (Å²) in [6.07, 6.45) is 0. The summed E-state index contributed by atoms with van der Waals surface area (Å²) in [4.78, 5) is 0. The number of hydrogen-bond acceptors (Lipinski definition) is 4. The topological polar surface area (TPSA) is 42.2 Å². The summed E-state index contributed by atoms with van der Waals surface area (Å²) < 4.78 is 9.71. The second kappa shape index (κ2) is 6.87. The number of nitrogens with zero attached hydrogens (tertiary/aromatic N) is 1. The van der Waals surface area contributed by atoms with Crippen LogP contribution < -0.4 is 0 Å². The molecule has 0 fully saturated rings. The van der Waals surface area contributed by atoms with Gasteiger partial charge in [0.1, 0.15) is 5.40 Å². The lowest BCUT2D eigenvalue weighted by molar-refractivity contribution is 0.144. The maximum atomic E-state index is 8.29. The van der Waals surface area contributed by atoms with Crippen LogP contribution in [0.1, 0.15) is 0 Å². The van der Waals surface area contributed by atoms with Crippen molar-refractivity contribution < 1.29 is 9.47 Å². The number of methoxy groups -OCH3 is 2. The fourth-order valence-electron chi connectivity index (χ4n) is 0.562. The molecule has 0 N–H and O–H groups in total. The van der Waals surface area contributed by atoms with E-state index < -0.39 is 0 Å². The summed E-state index contributed by atoms with van der Waals surface area (Å²) in [6, 6.07) is 0. The van der Waals surface area contributed by atoms with Crippen molar-refractivity contribution in [2.45, 2.75) is 5.25 Å². The third-order valence-electron chi connectivity index (χ3n) is 0.924. The van der Waals surface area contributed by atoms with Gasteiger partial charge < -0.3 is 9.47 Å². The molecule has 0 atom stereocenters. The molecule has 3 nitrogen and oxygen atoms in total. The summed E-state index contributed by atoms with van der Waals surface area (Å²) in [6.45, 7) is 1.12. The third kappa shape index (κ3) is 4.62. The maximum absolute atomic E-state index is 8.29. The molecule has 0 radical (unpaired) electrons. The monoisotopic (exact) mass is 161 g/mol. The average Bonchev–Trinajstić information content (AvgIpc) is 1.90. The van der Waals surface area contributed by atoms with Crippen molar-refractivity contribution in [1.82, 2.24) is 0 Å². The van der Waals surface area contributed by atoms with Crippen molar-refractivity contribution in [3.63, 3.8) is 0 Å². The van der Waals surface area contributed by atoms with Crippen molar-refractivity contribution in [1.29, 1.82) is 5.26 Å². The molecule has 0 spiro atoms. The largest absolute Gasteiger partial charge is 0.383 e. The fraction of sp³-hybridized carbons (Fsp3) is 0.833. The van der Waals surface area contributed by atoms with Crippen LogP contribution in [0.4, 0.5) is 0 Å². The molecule has 4 heteroatoms. The first-order valence-electron chi connectivity index (χ1n) is 2.87. The van der Waals surface area contributed by atoms with Gasteiger partial charge in [0.25, 0.3) is 0 Å². The van der Waals surface area contributed by atoms with Crippen LogP contribution in [0.2, 0.25) is 0 Å². The molecule has 0 saturated carbocycles. The summed E-state index contributed by atoms with van der Waals surface area (Å²) in [5.41, 5.74) is 0. The number of rotatable bonds is 5. The van der Waals surface area contributed by atoms with Gasteiger partial charge in [-0.15, -0.1) is 0 Å². The normalized spacial score (nSPS) is 9.80. The van der Waals surface area contributed by atoms with E-state index in [2.05, 4.69) is 0 Å². The number of nitriles is 1. The van der Waals surface area contributed by atoms with Crippen LogP contribution in [0, 0.1) is 10.7 Å². The molecule has 10 heavy (non-hydrogen) atoms. The maximum Gasteiger partial charge on any atom is 0.133 e. The Kier molecular flexibility index (Phi) is 6.71. The lowest BCUT2D eigenvalue weighted by Crippen LogP contribution is -2.16. The van der Waals surface area contributed by atoms with Gasteiger partial charge in [-0.3, -0.25) is 0 Å². The van der Waals surface area contributed by atoms with Crippen molar-refractivity contribution in [2.75, 3.05) is 27.4 Å². The Bertz CT molecular complexity index is 107. The highest BCUT2D eigenvalue weighted by Crippen LogP contribution is 2.08. The molecule has 0 amide bonds. The molecule has 58 valence electrons. The van der Waals surface area contributed by atoms with Gasteiger partial charge >= 0.3 is 0 Å². The molecule has 0 aromatic rings. The predicted octanol–water partition coefficient (Wildman–Crippen LogP) is 0.862. The minimum atomic E-state index is 0.139. The zero-order valence-corrected chi connectivity index (χ0v) is 6.98. The van der Waals surface area contributed by atoms with E-state index in [1.165, 1.54) is 11.8 Å². The van der Waals surface area contributed by atoms with Crippen molar-refractivity contribution in [3.05, 3.63) is 0 Å². The van der Waals surface area contributed by atoms with E-state index in [9.17, 15) is 0 Å². The first kappa shape index (κ1) is 9.76. The van der Waals surface area contributed by atoms with Crippen LogP contribution in [0.15, 0.2) is 0 Å². The third-order valence-corrected chi connectivity index (χ3v) is 1.64. The minimum Gasteiger partial charge on any atom is -0.383 e. The Balaban J connectivity index is 3.42. The number of ether oxygens (including phenoxy) is 2. The molecule has 0 heterocycles. The standard InChI is InChI=1S/C6H11NO2S/c1-8-3-6(4-9-2)10-5-7/h6H,3-4H2,1-2H3. The van der Waals surface area contributed by atoms with Gasteiger partial charge in [0.2, 0.25) is 0 Å². The highest BCUT2D eigenvalue weighted by atomic mass is 32.2. The summed E-state index contributed by atoms with van der Waals surface area (Å²) in [7, 11) is 3.22. The Morgan fingerprint density at radius 1 is 1.40 bits per heavy atom. The van der Waals surface area contributed by atoms with Crippen LogP contribution in [-0.2, 0) is 9.47 Å². The van der Waals surface area contributed by atoms with E-state index >= 15 is 0 Å². The Labute approximate surface area is 65.3 Å². The second-order valence-corrected chi connectivity index (χ2v) is 2.83. The summed E-state index contributed by atoms with van der Waals surface area (Å²) >= 11 is 1.18. The molecule has 0 aromatic heterocycles. The van der Waals surface area contributed by atoms with Crippen LogP contribution in [0.3, 0.4) is 0 Å². The zero-order chi connectivity index (χ0) is 7.82. The van der Waals surface area contributed by atoms with E-state index in [0.29, 0.717) is 13.2 Å². The molecule has 0 rings (SSSR count). The molecule has 0 aliphatic heterocycles. The molecule has 0 saturated heterocycles. The van der Waals surface area contributed by atoms with Crippen LogP contribution in [0.5, 0.6) is 0 Å². The average molecular weight is 161 g/mol. The van der Waals surface area contributed by atoms with Crippen molar-refractivity contribution in [3.8, 4) is 5.40 Å². The molecule has 0 aliphatic carbocycles. The second-order valence-electron chi connectivity index (χ2n) is 1.74. The smallest absolute Gasteiger partial charge is 0.133 e. The fourth-order valence-corrected chi connectivity index (χ4v) is 1.12. The SMILES string of the molecule is COCC(COC)SC#N. The van der Waals surface area contributed by atoms with Crippen LogP contribution >= 0.6 is 11.8 Å². The highest BCUT2D eigenvalue weighted by molar-refractivity contribution is 8.04. The Morgan fingerprint density at radius 3 is 2.20 bits per heavy atom. The van der Waals surface area contributed by atoms with Gasteiger partial charge in [0.15, 0.2) is 0 Å². The minimum absolute atomic E-state index is 0.139. The predicted molar refractivity (Wildman–Crippen MR) is 40.7 cm³/mol. The lowest BCUT2D eigenvalue weighted by atomic mass is 10.5. The first-order chi connectivity index (χ1) is 4.85. The Morgan fingerprint density at radius 2 is 1.90 bits per heavy atom. The highest BCUT2D eigenvalue weighted by Gasteiger charge is 2.07. The van der Waals surface area contributed by atoms with Gasteiger partial charge in [0, 0.05) is 14.2 Å². The molecular weight excluding hydrogens is 150 g/mol. The number of thioether (sulfide) groups is 1. The van der Waals surface area contributed by atoms with Gasteiger partial charge in [-0.25, -0.2) is 0 Å². The summed E-state index contributed by atoms with van der Waals surface area (Å²) in [5, 5.41) is 10.4. The number of hydrogen-bond donors (Lipinski definition) is 0. The van der Waals surface area contributed by atoms with E-state index in [1.807, 2.05) is 5.40 Å². The van der Waals surface area contributed by atoms with E-state index in [4.69, 9.17) is 14.7 Å². The van der Waals surface area contributed by atoms with E-state index in [1.54, 1.807) is 14.2 Å². The van der Waals surface area contributed by atoms with Gasteiger partial charge in [-0.05, 0) is 11.8 Å². The molecule has 0 unspecified atom stereocenters. The summed E-state index contributed by atoms with van der Waals surface area (Å²) in [5.74, 6) is 0. The zero-order valence-electron chi connectivity index (χ0n) is 6.16. The number of thiocyanates is 1. The van der Waals surface area contributed by atoms with Gasteiger partial charge in [-0.2, -0.15) is 5.26 Å². The van der Waals surface area contributed by atoms with Crippen LogP contribution in [0.25, 0.3) is 0 Å². The molecule has 0 aliphatic rings. The van der Waals surface area contributed by atoms with E-state index in [-0.39, 0.29) is 5.25 Å². The molecule has 0 aromatic carbocycles. The first-order valence-corrected chi connectivity index (χ1v) is 3.75.